The standard InChI is InChI=1S/C7H5Cl2N3O3S/c1-15-5-2-4(8)3-12-6(5)10-7(11-12)16(9,13)14/h2-3H,1H3. The van der Waals surface area contributed by atoms with Crippen molar-refractivity contribution in [1.82, 2.24) is 14.6 Å². The highest BCUT2D eigenvalue weighted by Crippen LogP contribution is 2.24. The molecule has 0 N–H and O–H groups in total. The topological polar surface area (TPSA) is 73.6 Å². The molecule has 2 aromatic rings. The smallest absolute Gasteiger partial charge is 0.298 e. The van der Waals surface area contributed by atoms with Crippen molar-refractivity contribution in [2.24, 2.45) is 0 Å². The third-order valence-corrected chi connectivity index (χ3v) is 3.01. The monoisotopic (exact) mass is 281 g/mol. The number of rotatable bonds is 2. The van der Waals surface area contributed by atoms with Crippen molar-refractivity contribution in [3.05, 3.63) is 17.3 Å². The van der Waals surface area contributed by atoms with Crippen LogP contribution in [0.4, 0.5) is 0 Å². The molecular weight excluding hydrogens is 277 g/mol. The Labute approximate surface area is 100 Å². The molecule has 0 bridgehead atoms. The number of aromatic nitrogens is 3. The summed E-state index contributed by atoms with van der Waals surface area (Å²) in [6.45, 7) is 0. The van der Waals surface area contributed by atoms with Gasteiger partial charge in [-0.2, -0.15) is 4.98 Å². The molecule has 0 aliphatic heterocycles. The molecule has 0 unspecified atom stereocenters. The van der Waals surface area contributed by atoms with Gasteiger partial charge >= 0.3 is 0 Å². The predicted octanol–water partition coefficient (Wildman–Crippen LogP) is 1.32. The van der Waals surface area contributed by atoms with E-state index < -0.39 is 14.2 Å². The number of nitrogens with zero attached hydrogens (tertiary/aromatic N) is 3. The fourth-order valence-corrected chi connectivity index (χ4v) is 1.93. The van der Waals surface area contributed by atoms with E-state index in [4.69, 9.17) is 27.0 Å². The van der Waals surface area contributed by atoms with Gasteiger partial charge in [0.15, 0.2) is 11.4 Å². The van der Waals surface area contributed by atoms with Crippen molar-refractivity contribution in [3.63, 3.8) is 0 Å². The maximum absolute atomic E-state index is 11.0. The molecule has 0 spiro atoms. The highest BCUT2D eigenvalue weighted by Gasteiger charge is 2.19. The molecule has 2 heterocycles. The van der Waals surface area contributed by atoms with Gasteiger partial charge in [-0.3, -0.25) is 0 Å². The zero-order valence-electron chi connectivity index (χ0n) is 7.89. The molecule has 2 rings (SSSR count). The van der Waals surface area contributed by atoms with Crippen LogP contribution in [0.2, 0.25) is 5.02 Å². The minimum absolute atomic E-state index is 0.228. The van der Waals surface area contributed by atoms with E-state index in [1.807, 2.05) is 0 Å². The van der Waals surface area contributed by atoms with Crippen LogP contribution < -0.4 is 4.74 Å². The van der Waals surface area contributed by atoms with Crippen LogP contribution in [0, 0.1) is 0 Å². The first kappa shape index (κ1) is 11.4. The molecule has 2 aromatic heterocycles. The van der Waals surface area contributed by atoms with Gasteiger partial charge in [-0.05, 0) is 0 Å². The highest BCUT2D eigenvalue weighted by atomic mass is 35.7. The minimum atomic E-state index is -3.97. The summed E-state index contributed by atoms with van der Waals surface area (Å²) < 4.78 is 28.3. The minimum Gasteiger partial charge on any atom is -0.493 e. The van der Waals surface area contributed by atoms with Crippen LogP contribution in [-0.4, -0.2) is 30.1 Å². The van der Waals surface area contributed by atoms with E-state index in [2.05, 4.69) is 10.1 Å². The van der Waals surface area contributed by atoms with Gasteiger partial charge in [-0.25, -0.2) is 12.9 Å². The molecule has 0 aromatic carbocycles. The lowest BCUT2D eigenvalue weighted by Crippen LogP contribution is -1.94. The van der Waals surface area contributed by atoms with Crippen LogP contribution >= 0.6 is 22.3 Å². The first-order valence-corrected chi connectivity index (χ1v) is 6.65. The number of hydrogen-bond acceptors (Lipinski definition) is 5. The van der Waals surface area contributed by atoms with Gasteiger partial charge in [0, 0.05) is 22.9 Å². The second-order valence-corrected chi connectivity index (χ2v) is 5.72. The summed E-state index contributed by atoms with van der Waals surface area (Å²) in [4.78, 5) is 3.74. The molecule has 0 saturated heterocycles. The third kappa shape index (κ3) is 1.93. The zero-order chi connectivity index (χ0) is 11.9. The summed E-state index contributed by atoms with van der Waals surface area (Å²) in [6.07, 6.45) is 1.40. The van der Waals surface area contributed by atoms with E-state index in [-0.39, 0.29) is 5.65 Å². The highest BCUT2D eigenvalue weighted by molar-refractivity contribution is 8.13. The summed E-state index contributed by atoms with van der Waals surface area (Å²) in [5.74, 6) is 0.312. The van der Waals surface area contributed by atoms with E-state index in [1.165, 1.54) is 23.9 Å². The van der Waals surface area contributed by atoms with Gasteiger partial charge in [0.05, 0.1) is 12.1 Å². The van der Waals surface area contributed by atoms with E-state index in [9.17, 15) is 8.42 Å². The first-order chi connectivity index (χ1) is 7.41. The summed E-state index contributed by atoms with van der Waals surface area (Å²) in [7, 11) is 2.57. The SMILES string of the molecule is COc1cc(Cl)cn2nc(S(=O)(=O)Cl)nc12. The Kier molecular flexibility index (Phi) is 2.69. The number of pyridine rings is 1. The van der Waals surface area contributed by atoms with E-state index in [1.54, 1.807) is 0 Å². The number of methoxy groups -OCH3 is 1. The van der Waals surface area contributed by atoms with Crippen LogP contribution in [0.5, 0.6) is 5.75 Å². The average molecular weight is 282 g/mol. The Bertz CT molecular complexity index is 652. The number of fused-ring (bicyclic) bond motifs is 1. The lowest BCUT2D eigenvalue weighted by molar-refractivity contribution is 0.416. The van der Waals surface area contributed by atoms with Gasteiger partial charge in [-0.1, -0.05) is 11.6 Å². The van der Waals surface area contributed by atoms with Crippen molar-refractivity contribution >= 4 is 37.0 Å². The molecule has 0 atom stereocenters. The molecule has 0 fully saturated rings. The van der Waals surface area contributed by atoms with E-state index >= 15 is 0 Å². The first-order valence-electron chi connectivity index (χ1n) is 3.96. The van der Waals surface area contributed by atoms with Gasteiger partial charge in [-0.15, -0.1) is 5.10 Å². The van der Waals surface area contributed by atoms with E-state index in [0.29, 0.717) is 10.8 Å². The van der Waals surface area contributed by atoms with Crippen molar-refractivity contribution in [2.75, 3.05) is 7.11 Å². The number of hydrogen-bond donors (Lipinski definition) is 0. The Morgan fingerprint density at radius 3 is 2.75 bits per heavy atom. The van der Waals surface area contributed by atoms with Gasteiger partial charge < -0.3 is 4.74 Å². The summed E-state index contributed by atoms with van der Waals surface area (Å²) in [5.41, 5.74) is 0.228. The Hall–Kier alpha value is -1.05. The van der Waals surface area contributed by atoms with Gasteiger partial charge in [0.25, 0.3) is 14.2 Å². The van der Waals surface area contributed by atoms with E-state index in [0.717, 1.165) is 0 Å². The summed E-state index contributed by atoms with van der Waals surface area (Å²) in [5, 5.41) is 3.52. The molecule has 0 saturated carbocycles. The van der Waals surface area contributed by atoms with Crippen molar-refractivity contribution < 1.29 is 13.2 Å². The average Bonchev–Trinajstić information content (AvgIpc) is 2.59. The molecular formula is C7H5Cl2N3O3S. The number of halogens is 2. The predicted molar refractivity (Wildman–Crippen MR) is 57.6 cm³/mol. The van der Waals surface area contributed by atoms with Gasteiger partial charge in [0.1, 0.15) is 0 Å². The Morgan fingerprint density at radius 1 is 1.50 bits per heavy atom. The zero-order valence-corrected chi connectivity index (χ0v) is 10.2. The normalized spacial score (nSPS) is 11.9. The maximum Gasteiger partial charge on any atom is 0.298 e. The molecule has 6 nitrogen and oxygen atoms in total. The lowest BCUT2D eigenvalue weighted by Gasteiger charge is -2.00. The lowest BCUT2D eigenvalue weighted by atomic mass is 10.4. The summed E-state index contributed by atoms with van der Waals surface area (Å²) in [6, 6.07) is 1.50. The van der Waals surface area contributed by atoms with Crippen LogP contribution in [0.3, 0.4) is 0 Å². The van der Waals surface area contributed by atoms with Crippen LogP contribution in [-0.2, 0) is 9.05 Å². The molecule has 9 heteroatoms. The third-order valence-electron chi connectivity index (χ3n) is 1.78. The fraction of sp³-hybridized carbons (Fsp3) is 0.143. The molecule has 16 heavy (non-hydrogen) atoms. The molecule has 0 aliphatic rings. The van der Waals surface area contributed by atoms with Crippen molar-refractivity contribution in [1.29, 1.82) is 0 Å². The van der Waals surface area contributed by atoms with Crippen LogP contribution in [0.25, 0.3) is 5.65 Å². The van der Waals surface area contributed by atoms with Crippen LogP contribution in [0.1, 0.15) is 0 Å². The molecule has 86 valence electrons. The van der Waals surface area contributed by atoms with Gasteiger partial charge in [0.2, 0.25) is 0 Å². The second-order valence-electron chi connectivity index (χ2n) is 2.83. The Balaban J connectivity index is 2.80. The van der Waals surface area contributed by atoms with Crippen LogP contribution in [0.15, 0.2) is 17.4 Å². The molecule has 0 amide bonds. The van der Waals surface area contributed by atoms with Crippen molar-refractivity contribution in [3.8, 4) is 5.75 Å². The fourth-order valence-electron chi connectivity index (χ4n) is 1.16. The van der Waals surface area contributed by atoms with Crippen molar-refractivity contribution in [2.45, 2.75) is 5.16 Å². The quantitative estimate of drug-likeness (QED) is 0.777. The second kappa shape index (κ2) is 3.76. The Morgan fingerprint density at radius 2 is 2.19 bits per heavy atom. The molecule has 0 aliphatic carbocycles. The summed E-state index contributed by atoms with van der Waals surface area (Å²) >= 11 is 5.78. The molecule has 0 radical (unpaired) electrons. The maximum atomic E-state index is 11.0. The largest absolute Gasteiger partial charge is 0.493 e. The number of ether oxygens (including phenoxy) is 1.